The van der Waals surface area contributed by atoms with Crippen LogP contribution in [0.1, 0.15) is 34.3 Å². The number of aliphatic carboxylic acids is 1. The Hall–Kier alpha value is -1.92. The van der Waals surface area contributed by atoms with Crippen molar-refractivity contribution in [3.63, 3.8) is 0 Å². The summed E-state index contributed by atoms with van der Waals surface area (Å²) in [5.41, 5.74) is 1.74. The van der Waals surface area contributed by atoms with Crippen LogP contribution in [-0.4, -0.2) is 36.7 Å². The van der Waals surface area contributed by atoms with Gasteiger partial charge in [-0.1, -0.05) is 6.07 Å². The van der Waals surface area contributed by atoms with Crippen LogP contribution in [0.4, 0.5) is 0 Å². The molecule has 1 fully saturated rings. The Bertz CT molecular complexity index is 592. The van der Waals surface area contributed by atoms with Crippen molar-refractivity contribution in [2.75, 3.05) is 19.8 Å². The smallest absolute Gasteiger partial charge is 0.311 e. The fourth-order valence-electron chi connectivity index (χ4n) is 2.89. The molecule has 0 aliphatic carbocycles. The molecule has 1 aromatic rings. The predicted octanol–water partition coefficient (Wildman–Crippen LogP) is 1.33. The number of ether oxygens (including phenoxy) is 2. The first-order valence-corrected chi connectivity index (χ1v) is 7.40. The lowest BCUT2D eigenvalue weighted by molar-refractivity contribution is -0.154. The van der Waals surface area contributed by atoms with E-state index in [2.05, 4.69) is 5.32 Å². The molecular formula is C16H19NO5. The number of hydrogen-bond acceptors (Lipinski definition) is 4. The molecule has 0 atom stereocenters. The minimum Gasteiger partial charge on any atom is -0.481 e. The Morgan fingerprint density at radius 2 is 1.86 bits per heavy atom. The molecule has 0 spiro atoms. The van der Waals surface area contributed by atoms with Crippen LogP contribution in [0.5, 0.6) is 0 Å². The molecule has 0 unspecified atom stereocenters. The highest BCUT2D eigenvalue weighted by atomic mass is 16.5. The van der Waals surface area contributed by atoms with Crippen LogP contribution in [0.15, 0.2) is 18.2 Å². The van der Waals surface area contributed by atoms with E-state index in [1.54, 1.807) is 6.07 Å². The number of carbonyl (C=O) groups is 2. The van der Waals surface area contributed by atoms with Crippen LogP contribution >= 0.6 is 0 Å². The molecule has 0 saturated carbocycles. The van der Waals surface area contributed by atoms with Gasteiger partial charge < -0.3 is 19.9 Å². The summed E-state index contributed by atoms with van der Waals surface area (Å²) in [5, 5.41) is 12.2. The molecule has 2 N–H and O–H groups in total. The number of rotatable bonds is 4. The van der Waals surface area contributed by atoms with Crippen molar-refractivity contribution < 1.29 is 24.2 Å². The molecule has 2 aliphatic heterocycles. The van der Waals surface area contributed by atoms with E-state index in [0.29, 0.717) is 44.8 Å². The summed E-state index contributed by atoms with van der Waals surface area (Å²) in [6, 6.07) is 5.45. The molecule has 118 valence electrons. The molecule has 0 radical (unpaired) electrons. The average Bonchev–Trinajstić information content (AvgIpc) is 3.01. The van der Waals surface area contributed by atoms with Crippen molar-refractivity contribution in [2.45, 2.75) is 26.1 Å². The van der Waals surface area contributed by atoms with Crippen molar-refractivity contribution in [1.29, 1.82) is 0 Å². The van der Waals surface area contributed by atoms with Crippen molar-refractivity contribution >= 4 is 11.9 Å². The molecule has 0 aromatic heterocycles. The number of carboxylic acid groups (broad SMARTS) is 1. The van der Waals surface area contributed by atoms with E-state index in [1.807, 2.05) is 12.1 Å². The molecule has 1 aromatic carbocycles. The lowest BCUT2D eigenvalue weighted by atomic mass is 9.80. The highest BCUT2D eigenvalue weighted by molar-refractivity contribution is 5.94. The second-order valence-corrected chi connectivity index (χ2v) is 5.86. The maximum Gasteiger partial charge on any atom is 0.311 e. The van der Waals surface area contributed by atoms with Crippen molar-refractivity contribution in [3.8, 4) is 0 Å². The first-order chi connectivity index (χ1) is 10.6. The van der Waals surface area contributed by atoms with Crippen LogP contribution in [0.25, 0.3) is 0 Å². The first kappa shape index (κ1) is 15.0. The molecule has 22 heavy (non-hydrogen) atoms. The zero-order valence-electron chi connectivity index (χ0n) is 12.3. The van der Waals surface area contributed by atoms with Crippen LogP contribution in [0.3, 0.4) is 0 Å². The van der Waals surface area contributed by atoms with Crippen molar-refractivity contribution in [3.05, 3.63) is 34.9 Å². The predicted molar refractivity (Wildman–Crippen MR) is 77.4 cm³/mol. The normalized spacial score (nSPS) is 19.5. The van der Waals surface area contributed by atoms with Gasteiger partial charge in [0.1, 0.15) is 0 Å². The Morgan fingerprint density at radius 1 is 1.14 bits per heavy atom. The fraction of sp³-hybridized carbons (Fsp3) is 0.500. The number of nitrogens with one attached hydrogen (secondary N) is 1. The minimum absolute atomic E-state index is 0.123. The molecule has 6 nitrogen and oxygen atoms in total. The van der Waals surface area contributed by atoms with Gasteiger partial charge in [0.25, 0.3) is 5.91 Å². The van der Waals surface area contributed by atoms with E-state index in [0.717, 1.165) is 11.1 Å². The molecule has 2 heterocycles. The third kappa shape index (κ3) is 2.84. The van der Waals surface area contributed by atoms with Gasteiger partial charge in [-0.2, -0.15) is 0 Å². The highest BCUT2D eigenvalue weighted by Crippen LogP contribution is 2.30. The van der Waals surface area contributed by atoms with Crippen molar-refractivity contribution in [2.24, 2.45) is 5.41 Å². The average molecular weight is 305 g/mol. The second kappa shape index (κ2) is 6.06. The van der Waals surface area contributed by atoms with Gasteiger partial charge in [0, 0.05) is 25.3 Å². The summed E-state index contributed by atoms with van der Waals surface area (Å²) in [6.45, 7) is 2.06. The van der Waals surface area contributed by atoms with Gasteiger partial charge >= 0.3 is 5.97 Å². The monoisotopic (exact) mass is 305 g/mol. The molecule has 0 bridgehead atoms. The Labute approximate surface area is 128 Å². The Morgan fingerprint density at radius 3 is 2.59 bits per heavy atom. The zero-order valence-corrected chi connectivity index (χ0v) is 12.3. The van der Waals surface area contributed by atoms with Crippen LogP contribution < -0.4 is 5.32 Å². The van der Waals surface area contributed by atoms with Gasteiger partial charge in [-0.15, -0.1) is 0 Å². The summed E-state index contributed by atoms with van der Waals surface area (Å²) in [6.07, 6.45) is 0.835. The summed E-state index contributed by atoms with van der Waals surface area (Å²) < 4.78 is 10.6. The number of benzene rings is 1. The quantitative estimate of drug-likeness (QED) is 0.876. The van der Waals surface area contributed by atoms with Gasteiger partial charge in [-0.25, -0.2) is 0 Å². The zero-order chi connectivity index (χ0) is 15.6. The molecule has 3 rings (SSSR count). The van der Waals surface area contributed by atoms with Gasteiger partial charge in [0.15, 0.2) is 0 Å². The molecular weight excluding hydrogens is 286 g/mol. The summed E-state index contributed by atoms with van der Waals surface area (Å²) in [5.74, 6) is -1.12. The summed E-state index contributed by atoms with van der Waals surface area (Å²) >= 11 is 0. The van der Waals surface area contributed by atoms with E-state index >= 15 is 0 Å². The minimum atomic E-state index is -0.923. The van der Waals surface area contributed by atoms with Crippen LogP contribution in [0.2, 0.25) is 0 Å². The van der Waals surface area contributed by atoms with Crippen LogP contribution in [0, 0.1) is 5.41 Å². The number of hydrogen-bond donors (Lipinski definition) is 2. The second-order valence-electron chi connectivity index (χ2n) is 5.86. The Balaban J connectivity index is 1.67. The molecule has 1 saturated heterocycles. The Kier molecular flexibility index (Phi) is 4.13. The number of amides is 1. The largest absolute Gasteiger partial charge is 0.481 e. The fourth-order valence-corrected chi connectivity index (χ4v) is 2.89. The maximum absolute atomic E-state index is 12.3. The third-order valence-electron chi connectivity index (χ3n) is 4.47. The van der Waals surface area contributed by atoms with Crippen molar-refractivity contribution in [1.82, 2.24) is 5.32 Å². The topological polar surface area (TPSA) is 84.9 Å². The van der Waals surface area contributed by atoms with Gasteiger partial charge in [0.05, 0.1) is 18.6 Å². The van der Waals surface area contributed by atoms with Gasteiger partial charge in [-0.3, -0.25) is 9.59 Å². The van der Waals surface area contributed by atoms with Crippen LogP contribution in [-0.2, 0) is 27.5 Å². The number of carbonyl (C=O) groups excluding carboxylic acids is 1. The van der Waals surface area contributed by atoms with E-state index in [1.165, 1.54) is 0 Å². The number of carboxylic acids is 1. The SMILES string of the molecule is O=C(NCC1(C(=O)O)CCOCC1)c1ccc2c(c1)COC2. The van der Waals surface area contributed by atoms with E-state index in [9.17, 15) is 14.7 Å². The first-order valence-electron chi connectivity index (χ1n) is 7.40. The van der Waals surface area contributed by atoms with E-state index in [-0.39, 0.29) is 12.5 Å². The molecule has 6 heteroatoms. The standard InChI is InChI=1S/C16H19NO5/c18-14(11-1-2-12-8-22-9-13(12)7-11)17-10-16(15(19)20)3-5-21-6-4-16/h1-2,7H,3-6,8-10H2,(H,17,18)(H,19,20). The van der Waals surface area contributed by atoms with E-state index < -0.39 is 11.4 Å². The number of fused-ring (bicyclic) bond motifs is 1. The maximum atomic E-state index is 12.3. The lowest BCUT2D eigenvalue weighted by Crippen LogP contribution is -2.46. The highest BCUT2D eigenvalue weighted by Gasteiger charge is 2.40. The molecule has 1 amide bonds. The third-order valence-corrected chi connectivity index (χ3v) is 4.47. The van der Waals surface area contributed by atoms with Gasteiger partial charge in [-0.05, 0) is 36.1 Å². The summed E-state index contributed by atoms with van der Waals surface area (Å²) in [4.78, 5) is 23.8. The van der Waals surface area contributed by atoms with Gasteiger partial charge in [0.2, 0.25) is 0 Å². The summed E-state index contributed by atoms with van der Waals surface area (Å²) in [7, 11) is 0. The van der Waals surface area contributed by atoms with E-state index in [4.69, 9.17) is 9.47 Å². The molecule has 2 aliphatic rings. The lowest BCUT2D eigenvalue weighted by Gasteiger charge is -2.33.